The number of aliphatic carboxylic acids is 1. The minimum absolute atomic E-state index is 0.0546. The molecular weight excluding hydrogens is 925 g/mol. The summed E-state index contributed by atoms with van der Waals surface area (Å²) < 4.78 is 28.3. The summed E-state index contributed by atoms with van der Waals surface area (Å²) in [4.78, 5) is 51.0. The van der Waals surface area contributed by atoms with E-state index in [0.717, 1.165) is 96.3 Å². The van der Waals surface area contributed by atoms with Crippen molar-refractivity contribution in [2.45, 2.75) is 276 Å². The molecule has 1 aliphatic rings. The summed E-state index contributed by atoms with van der Waals surface area (Å²) >= 11 is 0. The van der Waals surface area contributed by atoms with E-state index >= 15 is 0 Å². The molecule has 0 amide bonds. The van der Waals surface area contributed by atoms with Crippen LogP contribution in [-0.4, -0.2) is 89.2 Å². The Kier molecular flexibility index (Phi) is 45.1. The summed E-state index contributed by atoms with van der Waals surface area (Å²) in [6.07, 6.45) is 48.9. The highest BCUT2D eigenvalue weighted by atomic mass is 16.7. The van der Waals surface area contributed by atoms with Crippen molar-refractivity contribution in [2.24, 2.45) is 0 Å². The van der Waals surface area contributed by atoms with E-state index in [1.54, 1.807) is 0 Å². The number of hydrogen-bond donors (Lipinski definition) is 3. The molecule has 1 saturated heterocycles. The van der Waals surface area contributed by atoms with Crippen molar-refractivity contribution < 1.29 is 58.2 Å². The first-order valence-electron chi connectivity index (χ1n) is 28.9. The molecule has 1 fully saturated rings. The molecule has 0 bridgehead atoms. The van der Waals surface area contributed by atoms with E-state index in [-0.39, 0.29) is 25.9 Å². The van der Waals surface area contributed by atoms with Gasteiger partial charge in [0.05, 0.1) is 6.61 Å². The molecule has 0 saturated carbocycles. The highest BCUT2D eigenvalue weighted by Crippen LogP contribution is 2.26. The number of aliphatic hydroxyl groups is 2. The molecule has 6 atom stereocenters. The standard InChI is InChI=1S/C61H102O12/c1-4-7-10-13-16-19-22-24-26-27-29-30-33-35-38-41-44-47-53(62)69-50-52(71-54(63)48-45-42-39-37-34-31-28-25-23-20-17-14-11-8-5-2)51-70-61-59(57(66)56(65)58(73-61)60(67)68)72-55(64)49-46-43-40-36-32-21-18-15-12-9-6-3/h7,10,16,19,24-26,28-30,35,38,52,56-59,61,65-66H,4-6,8-9,11-15,17-18,20-23,27,31-34,36-37,39-51H2,1-3H3,(H,67,68)/b10-7-,19-16-,26-24-,28-25-,30-29-,38-35-. The van der Waals surface area contributed by atoms with Gasteiger partial charge in [-0.1, -0.05) is 209 Å². The summed E-state index contributed by atoms with van der Waals surface area (Å²) in [5.41, 5.74) is 0. The van der Waals surface area contributed by atoms with Crippen LogP contribution in [0.4, 0.5) is 0 Å². The molecule has 0 aromatic rings. The van der Waals surface area contributed by atoms with Crippen LogP contribution in [0.5, 0.6) is 0 Å². The molecule has 1 aliphatic heterocycles. The Balaban J connectivity index is 2.74. The van der Waals surface area contributed by atoms with E-state index in [0.29, 0.717) is 25.7 Å². The molecule has 0 aromatic carbocycles. The normalized spacial score (nSPS) is 18.8. The van der Waals surface area contributed by atoms with Gasteiger partial charge < -0.3 is 39.0 Å². The Morgan fingerprint density at radius 3 is 1.37 bits per heavy atom. The van der Waals surface area contributed by atoms with Gasteiger partial charge >= 0.3 is 23.9 Å². The van der Waals surface area contributed by atoms with Crippen LogP contribution < -0.4 is 0 Å². The van der Waals surface area contributed by atoms with E-state index in [9.17, 15) is 34.5 Å². The fourth-order valence-electron chi connectivity index (χ4n) is 8.34. The van der Waals surface area contributed by atoms with Crippen molar-refractivity contribution in [1.82, 2.24) is 0 Å². The van der Waals surface area contributed by atoms with Gasteiger partial charge in [-0.05, 0) is 83.5 Å². The summed E-state index contributed by atoms with van der Waals surface area (Å²) in [6.45, 7) is 5.80. The number of carboxylic acids is 1. The molecule has 1 heterocycles. The Morgan fingerprint density at radius 2 is 0.877 bits per heavy atom. The highest BCUT2D eigenvalue weighted by Gasteiger charge is 2.50. The smallest absolute Gasteiger partial charge is 0.335 e. The minimum atomic E-state index is -1.91. The number of esters is 3. The maximum atomic E-state index is 13.1. The number of carboxylic acid groups (broad SMARTS) is 1. The SMILES string of the molecule is CC/C=C\C/C=C\C/C=C\C/C=C\C/C=C\CCCC(=O)OCC(COC1OC(C(=O)O)C(O)C(O)C1OC(=O)CCCCCCCCCCCCC)OC(=O)CCCCCCC/C=C\CCCCCCCC. The lowest BCUT2D eigenvalue weighted by Gasteiger charge is -2.40. The third-order valence-corrected chi connectivity index (χ3v) is 12.8. The molecule has 0 radical (unpaired) electrons. The number of carbonyl (C=O) groups is 4. The van der Waals surface area contributed by atoms with Crippen LogP contribution in [-0.2, 0) is 42.9 Å². The molecule has 3 N–H and O–H groups in total. The fraction of sp³-hybridized carbons (Fsp3) is 0.738. The van der Waals surface area contributed by atoms with Crippen molar-refractivity contribution in [3.05, 3.63) is 72.9 Å². The fourth-order valence-corrected chi connectivity index (χ4v) is 8.34. The molecule has 12 heteroatoms. The van der Waals surface area contributed by atoms with Crippen molar-refractivity contribution in [3.63, 3.8) is 0 Å². The van der Waals surface area contributed by atoms with Crippen molar-refractivity contribution in [1.29, 1.82) is 0 Å². The average Bonchev–Trinajstić information content (AvgIpc) is 3.37. The molecule has 1 rings (SSSR count). The maximum absolute atomic E-state index is 13.1. The molecule has 0 aromatic heterocycles. The summed E-state index contributed by atoms with van der Waals surface area (Å²) in [6, 6.07) is 0. The second-order valence-corrected chi connectivity index (χ2v) is 19.5. The molecule has 6 unspecified atom stereocenters. The van der Waals surface area contributed by atoms with Gasteiger partial charge in [0, 0.05) is 19.3 Å². The van der Waals surface area contributed by atoms with Crippen LogP contribution in [0.3, 0.4) is 0 Å². The highest BCUT2D eigenvalue weighted by molar-refractivity contribution is 5.74. The summed E-state index contributed by atoms with van der Waals surface area (Å²) in [7, 11) is 0. The van der Waals surface area contributed by atoms with Crippen LogP contribution in [0, 0.1) is 0 Å². The number of hydrogen-bond acceptors (Lipinski definition) is 11. The van der Waals surface area contributed by atoms with Gasteiger partial charge in [0.1, 0.15) is 18.8 Å². The third kappa shape index (κ3) is 39.3. The summed E-state index contributed by atoms with van der Waals surface area (Å²) in [5.74, 6) is -3.20. The van der Waals surface area contributed by atoms with Crippen LogP contribution in [0.15, 0.2) is 72.9 Å². The molecule has 12 nitrogen and oxygen atoms in total. The first kappa shape index (κ1) is 67.2. The van der Waals surface area contributed by atoms with Crippen molar-refractivity contribution >= 4 is 23.9 Å². The zero-order valence-electron chi connectivity index (χ0n) is 45.9. The molecule has 0 aliphatic carbocycles. The Morgan fingerprint density at radius 1 is 0.466 bits per heavy atom. The Bertz CT molecular complexity index is 1550. The van der Waals surface area contributed by atoms with Crippen molar-refractivity contribution in [2.75, 3.05) is 13.2 Å². The molecule has 73 heavy (non-hydrogen) atoms. The van der Waals surface area contributed by atoms with Gasteiger partial charge in [-0.2, -0.15) is 0 Å². The first-order chi connectivity index (χ1) is 35.6. The minimum Gasteiger partial charge on any atom is -0.479 e. The van der Waals surface area contributed by atoms with Gasteiger partial charge in [0.2, 0.25) is 0 Å². The number of allylic oxidation sites excluding steroid dienone is 12. The van der Waals surface area contributed by atoms with E-state index in [4.69, 9.17) is 23.7 Å². The first-order valence-corrected chi connectivity index (χ1v) is 28.9. The van der Waals surface area contributed by atoms with Crippen LogP contribution in [0.25, 0.3) is 0 Å². The number of aliphatic hydroxyl groups excluding tert-OH is 2. The monoisotopic (exact) mass is 1030 g/mol. The number of ether oxygens (including phenoxy) is 5. The van der Waals surface area contributed by atoms with Gasteiger partial charge in [0.25, 0.3) is 0 Å². The van der Waals surface area contributed by atoms with Gasteiger partial charge in [-0.3, -0.25) is 14.4 Å². The molecular formula is C61H102O12. The number of rotatable bonds is 48. The second kappa shape index (κ2) is 49.1. The lowest BCUT2D eigenvalue weighted by atomic mass is 9.98. The topological polar surface area (TPSA) is 175 Å². The van der Waals surface area contributed by atoms with E-state index < -0.39 is 67.3 Å². The van der Waals surface area contributed by atoms with E-state index in [1.807, 2.05) is 6.08 Å². The van der Waals surface area contributed by atoms with Crippen LogP contribution in [0.2, 0.25) is 0 Å². The van der Waals surface area contributed by atoms with Crippen LogP contribution in [0.1, 0.15) is 239 Å². The largest absolute Gasteiger partial charge is 0.479 e. The van der Waals surface area contributed by atoms with Gasteiger partial charge in [0.15, 0.2) is 24.6 Å². The Hall–Kier alpha value is -3.84. The predicted octanol–water partition coefficient (Wildman–Crippen LogP) is 14.6. The van der Waals surface area contributed by atoms with Gasteiger partial charge in [-0.15, -0.1) is 0 Å². The predicted molar refractivity (Wildman–Crippen MR) is 294 cm³/mol. The molecule has 0 spiro atoms. The van der Waals surface area contributed by atoms with Crippen LogP contribution >= 0.6 is 0 Å². The molecule has 418 valence electrons. The Labute approximate surface area is 442 Å². The second-order valence-electron chi connectivity index (χ2n) is 19.5. The summed E-state index contributed by atoms with van der Waals surface area (Å²) in [5, 5.41) is 31.4. The average molecular weight is 1030 g/mol. The quantitative estimate of drug-likeness (QED) is 0.0228. The van der Waals surface area contributed by atoms with Crippen molar-refractivity contribution in [3.8, 4) is 0 Å². The lowest BCUT2D eigenvalue weighted by molar-refractivity contribution is -0.301. The lowest BCUT2D eigenvalue weighted by Crippen LogP contribution is -2.61. The number of carbonyl (C=O) groups excluding carboxylic acids is 3. The third-order valence-electron chi connectivity index (χ3n) is 12.8. The van der Waals surface area contributed by atoms with E-state index in [1.165, 1.54) is 77.0 Å². The van der Waals surface area contributed by atoms with E-state index in [2.05, 4.69) is 87.6 Å². The maximum Gasteiger partial charge on any atom is 0.335 e. The number of unbranched alkanes of at least 4 members (excludes halogenated alkanes) is 22. The van der Waals surface area contributed by atoms with Gasteiger partial charge in [-0.25, -0.2) is 4.79 Å². The zero-order chi connectivity index (χ0) is 53.3. The zero-order valence-corrected chi connectivity index (χ0v) is 45.9.